The molecule has 0 saturated heterocycles. The Balaban J connectivity index is 2.25. The fourth-order valence-electron chi connectivity index (χ4n) is 1.57. The lowest BCUT2D eigenvalue weighted by atomic mass is 9.86. The predicted molar refractivity (Wildman–Crippen MR) is 67.4 cm³/mol. The summed E-state index contributed by atoms with van der Waals surface area (Å²) in [5.74, 6) is 0. The molecule has 86 valence electrons. The largest absolute Gasteiger partial charge is 0.317 e. The lowest BCUT2D eigenvalue weighted by Gasteiger charge is -2.23. The third kappa shape index (κ3) is 5.28. The molecule has 1 aromatic rings. The quantitative estimate of drug-likeness (QED) is 0.723. The molecule has 0 aliphatic rings. The summed E-state index contributed by atoms with van der Waals surface area (Å²) in [6.07, 6.45) is 5.42. The van der Waals surface area contributed by atoms with Crippen LogP contribution < -0.4 is 5.32 Å². The Bertz CT molecular complexity index is 255. The van der Waals surface area contributed by atoms with Gasteiger partial charge in [0.2, 0.25) is 0 Å². The van der Waals surface area contributed by atoms with Gasteiger partial charge in [0, 0.05) is 18.0 Å². The third-order valence-electron chi connectivity index (χ3n) is 2.52. The molecule has 0 amide bonds. The van der Waals surface area contributed by atoms with Crippen LogP contribution in [0, 0.1) is 5.41 Å². The van der Waals surface area contributed by atoms with E-state index in [0.717, 1.165) is 19.5 Å². The minimum Gasteiger partial charge on any atom is -0.317 e. The maximum atomic E-state index is 4.34. The van der Waals surface area contributed by atoms with Crippen molar-refractivity contribution >= 4 is 11.3 Å². The summed E-state index contributed by atoms with van der Waals surface area (Å²) in [5, 5.41) is 6.77. The summed E-state index contributed by atoms with van der Waals surface area (Å²) in [7, 11) is 0. The highest BCUT2D eigenvalue weighted by Gasteiger charge is 2.19. The predicted octanol–water partition coefficient (Wildman–Crippen LogP) is 3.10. The van der Waals surface area contributed by atoms with E-state index in [0.29, 0.717) is 5.41 Å². The summed E-state index contributed by atoms with van der Waals surface area (Å²) in [4.78, 5) is 4.34. The van der Waals surface area contributed by atoms with E-state index in [1.807, 2.05) is 6.20 Å². The molecule has 0 bridgehead atoms. The molecule has 0 saturated carbocycles. The van der Waals surface area contributed by atoms with Crippen molar-refractivity contribution in [2.75, 3.05) is 13.1 Å². The second-order valence-corrected chi connectivity index (χ2v) is 5.75. The van der Waals surface area contributed by atoms with Gasteiger partial charge in [-0.15, -0.1) is 11.3 Å². The highest BCUT2D eigenvalue weighted by molar-refractivity contribution is 7.09. The van der Waals surface area contributed by atoms with Crippen molar-refractivity contribution in [1.29, 1.82) is 0 Å². The van der Waals surface area contributed by atoms with E-state index in [1.165, 1.54) is 17.8 Å². The molecule has 0 atom stereocenters. The number of hydrogen-bond acceptors (Lipinski definition) is 3. The molecule has 0 spiro atoms. The van der Waals surface area contributed by atoms with E-state index in [-0.39, 0.29) is 0 Å². The van der Waals surface area contributed by atoms with E-state index in [9.17, 15) is 0 Å². The minimum atomic E-state index is 0.360. The van der Waals surface area contributed by atoms with Crippen LogP contribution in [0.25, 0.3) is 0 Å². The van der Waals surface area contributed by atoms with Gasteiger partial charge in [0.05, 0.1) is 5.01 Å². The molecule has 0 unspecified atom stereocenters. The monoisotopic (exact) mass is 226 g/mol. The molecule has 0 aliphatic carbocycles. The fraction of sp³-hybridized carbons (Fsp3) is 0.750. The molecule has 1 aromatic heterocycles. The number of nitrogens with one attached hydrogen (secondary N) is 1. The van der Waals surface area contributed by atoms with Crippen LogP contribution in [0.3, 0.4) is 0 Å². The van der Waals surface area contributed by atoms with Crippen molar-refractivity contribution in [3.8, 4) is 0 Å². The number of nitrogens with zero attached hydrogens (tertiary/aromatic N) is 1. The van der Waals surface area contributed by atoms with Gasteiger partial charge in [0.15, 0.2) is 0 Å². The summed E-state index contributed by atoms with van der Waals surface area (Å²) in [6.45, 7) is 9.09. The molecule has 0 aliphatic heterocycles. The molecule has 0 aromatic carbocycles. The Kier molecular flexibility index (Phi) is 5.26. The Labute approximate surface area is 97.1 Å². The molecule has 3 heteroatoms. The molecule has 15 heavy (non-hydrogen) atoms. The van der Waals surface area contributed by atoms with Crippen molar-refractivity contribution in [1.82, 2.24) is 10.3 Å². The van der Waals surface area contributed by atoms with E-state index in [1.54, 1.807) is 11.3 Å². The van der Waals surface area contributed by atoms with Crippen LogP contribution >= 0.6 is 11.3 Å². The molecule has 1 N–H and O–H groups in total. The summed E-state index contributed by atoms with van der Waals surface area (Å²) >= 11 is 1.76. The molecular weight excluding hydrogens is 204 g/mol. The number of aromatic nitrogens is 1. The molecule has 1 rings (SSSR count). The van der Waals surface area contributed by atoms with Gasteiger partial charge in [0.1, 0.15) is 0 Å². The Morgan fingerprint density at radius 2 is 2.20 bits per heavy atom. The zero-order valence-electron chi connectivity index (χ0n) is 10.0. The van der Waals surface area contributed by atoms with Gasteiger partial charge in [-0.25, -0.2) is 4.98 Å². The highest BCUT2D eigenvalue weighted by atomic mass is 32.1. The topological polar surface area (TPSA) is 24.9 Å². The average Bonchev–Trinajstić information content (AvgIpc) is 2.64. The zero-order valence-corrected chi connectivity index (χ0v) is 10.9. The normalized spacial score (nSPS) is 11.9. The lowest BCUT2D eigenvalue weighted by molar-refractivity contribution is 0.325. The summed E-state index contributed by atoms with van der Waals surface area (Å²) < 4.78 is 0. The van der Waals surface area contributed by atoms with Crippen LogP contribution in [0.15, 0.2) is 11.6 Å². The number of rotatable bonds is 7. The van der Waals surface area contributed by atoms with Crippen LogP contribution in [0.2, 0.25) is 0 Å². The molecule has 0 radical (unpaired) electrons. The maximum Gasteiger partial charge on any atom is 0.0930 e. The van der Waals surface area contributed by atoms with Gasteiger partial charge >= 0.3 is 0 Å². The van der Waals surface area contributed by atoms with Gasteiger partial charge in [-0.05, 0) is 31.3 Å². The molecule has 1 heterocycles. The second kappa shape index (κ2) is 6.23. The van der Waals surface area contributed by atoms with Crippen LogP contribution in [0.4, 0.5) is 0 Å². The van der Waals surface area contributed by atoms with Crippen LogP contribution in [-0.2, 0) is 6.42 Å². The number of thiazole rings is 1. The van der Waals surface area contributed by atoms with Gasteiger partial charge in [-0.2, -0.15) is 0 Å². The number of hydrogen-bond donors (Lipinski definition) is 1. The van der Waals surface area contributed by atoms with Gasteiger partial charge in [0.25, 0.3) is 0 Å². The smallest absolute Gasteiger partial charge is 0.0930 e. The molecular formula is C12H22N2S. The highest BCUT2D eigenvalue weighted by Crippen LogP contribution is 2.26. The SMILES string of the molecule is CCCNCCC(C)(C)Cc1nccs1. The van der Waals surface area contributed by atoms with Crippen molar-refractivity contribution in [2.45, 2.75) is 40.0 Å². The van der Waals surface area contributed by atoms with E-state index < -0.39 is 0 Å². The standard InChI is InChI=1S/C12H22N2S/c1-4-6-13-7-5-12(2,3)10-11-14-8-9-15-11/h8-9,13H,4-7,10H2,1-3H3. The van der Waals surface area contributed by atoms with Crippen molar-refractivity contribution in [3.05, 3.63) is 16.6 Å². The lowest BCUT2D eigenvalue weighted by Crippen LogP contribution is -2.24. The summed E-state index contributed by atoms with van der Waals surface area (Å²) in [6, 6.07) is 0. The van der Waals surface area contributed by atoms with Gasteiger partial charge in [-0.3, -0.25) is 0 Å². The first-order valence-electron chi connectivity index (χ1n) is 5.73. The third-order valence-corrected chi connectivity index (χ3v) is 3.30. The molecule has 2 nitrogen and oxygen atoms in total. The van der Waals surface area contributed by atoms with Crippen molar-refractivity contribution < 1.29 is 0 Å². The van der Waals surface area contributed by atoms with E-state index in [4.69, 9.17) is 0 Å². The Morgan fingerprint density at radius 3 is 2.80 bits per heavy atom. The Hall–Kier alpha value is -0.410. The van der Waals surface area contributed by atoms with Crippen LogP contribution in [0.5, 0.6) is 0 Å². The average molecular weight is 226 g/mol. The van der Waals surface area contributed by atoms with Crippen molar-refractivity contribution in [2.24, 2.45) is 5.41 Å². The first-order valence-corrected chi connectivity index (χ1v) is 6.61. The molecule has 0 fully saturated rings. The van der Waals surface area contributed by atoms with E-state index >= 15 is 0 Å². The van der Waals surface area contributed by atoms with Gasteiger partial charge < -0.3 is 5.32 Å². The second-order valence-electron chi connectivity index (χ2n) is 4.77. The first-order chi connectivity index (χ1) is 7.14. The van der Waals surface area contributed by atoms with Crippen LogP contribution in [-0.4, -0.2) is 18.1 Å². The zero-order chi connectivity index (χ0) is 11.1. The van der Waals surface area contributed by atoms with Crippen LogP contribution in [0.1, 0.15) is 38.6 Å². The van der Waals surface area contributed by atoms with Crippen molar-refractivity contribution in [3.63, 3.8) is 0 Å². The first kappa shape index (κ1) is 12.7. The fourth-order valence-corrected chi connectivity index (χ4v) is 2.44. The van der Waals surface area contributed by atoms with E-state index in [2.05, 4.69) is 36.5 Å². The Morgan fingerprint density at radius 1 is 1.40 bits per heavy atom. The maximum absolute atomic E-state index is 4.34. The van der Waals surface area contributed by atoms with Gasteiger partial charge in [-0.1, -0.05) is 20.8 Å². The summed E-state index contributed by atoms with van der Waals surface area (Å²) in [5.41, 5.74) is 0.360. The minimum absolute atomic E-state index is 0.360.